The third-order valence-corrected chi connectivity index (χ3v) is 3.64. The molecule has 0 aromatic heterocycles. The Balaban J connectivity index is 1.97. The summed E-state index contributed by atoms with van der Waals surface area (Å²) in [4.78, 5) is 0. The molecule has 1 aliphatic heterocycles. The Hall–Kier alpha value is -0.940. The lowest BCUT2D eigenvalue weighted by molar-refractivity contribution is 0.174. The number of hydrogen-bond donors (Lipinski definition) is 1. The van der Waals surface area contributed by atoms with Crippen molar-refractivity contribution >= 4 is 28.3 Å². The van der Waals surface area contributed by atoms with Gasteiger partial charge in [-0.25, -0.2) is 0 Å². The van der Waals surface area contributed by atoms with Gasteiger partial charge in [-0.2, -0.15) is 0 Å². The van der Waals surface area contributed by atoms with Crippen molar-refractivity contribution in [3.63, 3.8) is 0 Å². The predicted octanol–water partition coefficient (Wildman–Crippen LogP) is 2.58. The van der Waals surface area contributed by atoms with E-state index in [0.29, 0.717) is 12.8 Å². The quantitative estimate of drug-likeness (QED) is 0.852. The first kappa shape index (κ1) is 12.5. The highest BCUT2D eigenvalue weighted by atomic mass is 32.2. The average molecular weight is 269 g/mol. The van der Waals surface area contributed by atoms with Gasteiger partial charge in [-0.3, -0.25) is 0 Å². The molecule has 1 N–H and O–H groups in total. The van der Waals surface area contributed by atoms with Crippen molar-refractivity contribution in [2.45, 2.75) is 19.4 Å². The molecular formula is C12H15NO2S2. The standard InChI is InChI=1S/C12H15NO2S2/c1-8(13-12(16)17-2)5-9-3-4-10-11(6-9)15-7-14-10/h3-4,6,8H,5,7H2,1-2H3,(H,13,16)/t8-/m1/s1. The minimum Gasteiger partial charge on any atom is -0.454 e. The highest BCUT2D eigenvalue weighted by Gasteiger charge is 2.14. The number of benzene rings is 1. The van der Waals surface area contributed by atoms with Crippen LogP contribution in [-0.4, -0.2) is 23.4 Å². The summed E-state index contributed by atoms with van der Waals surface area (Å²) in [6.45, 7) is 2.44. The van der Waals surface area contributed by atoms with Gasteiger partial charge in [-0.15, -0.1) is 11.8 Å². The molecule has 2 rings (SSSR count). The number of hydrogen-bond acceptors (Lipinski definition) is 4. The third kappa shape index (κ3) is 3.26. The topological polar surface area (TPSA) is 30.5 Å². The van der Waals surface area contributed by atoms with Gasteiger partial charge in [0.05, 0.1) is 0 Å². The van der Waals surface area contributed by atoms with Crippen LogP contribution in [0.2, 0.25) is 0 Å². The number of thioether (sulfide) groups is 1. The molecule has 17 heavy (non-hydrogen) atoms. The van der Waals surface area contributed by atoms with Crippen LogP contribution in [0.1, 0.15) is 12.5 Å². The highest BCUT2D eigenvalue weighted by molar-refractivity contribution is 8.22. The first-order chi connectivity index (χ1) is 8.19. The van der Waals surface area contributed by atoms with Crippen molar-refractivity contribution in [2.24, 2.45) is 0 Å². The first-order valence-corrected chi connectivity index (χ1v) is 7.05. The van der Waals surface area contributed by atoms with E-state index >= 15 is 0 Å². The molecule has 1 heterocycles. The molecular weight excluding hydrogens is 254 g/mol. The monoisotopic (exact) mass is 269 g/mol. The van der Waals surface area contributed by atoms with Gasteiger partial charge < -0.3 is 14.8 Å². The van der Waals surface area contributed by atoms with E-state index in [2.05, 4.69) is 18.3 Å². The number of rotatable bonds is 3. The molecule has 0 amide bonds. The molecule has 0 spiro atoms. The van der Waals surface area contributed by atoms with Gasteiger partial charge in [0.2, 0.25) is 6.79 Å². The molecule has 0 bridgehead atoms. The van der Waals surface area contributed by atoms with Crippen LogP contribution < -0.4 is 14.8 Å². The zero-order chi connectivity index (χ0) is 12.3. The van der Waals surface area contributed by atoms with Gasteiger partial charge in [0.15, 0.2) is 11.5 Å². The number of ether oxygens (including phenoxy) is 2. The van der Waals surface area contributed by atoms with Gasteiger partial charge in [0.1, 0.15) is 4.32 Å². The second kappa shape index (κ2) is 5.60. The molecule has 0 saturated heterocycles. The largest absolute Gasteiger partial charge is 0.454 e. The molecule has 1 aliphatic rings. The normalized spacial score (nSPS) is 14.5. The summed E-state index contributed by atoms with van der Waals surface area (Å²) >= 11 is 6.69. The van der Waals surface area contributed by atoms with Crippen molar-refractivity contribution in [3.05, 3.63) is 23.8 Å². The summed E-state index contributed by atoms with van der Waals surface area (Å²) in [5.74, 6) is 1.66. The summed E-state index contributed by atoms with van der Waals surface area (Å²) in [7, 11) is 0. The van der Waals surface area contributed by atoms with Gasteiger partial charge in [-0.1, -0.05) is 18.3 Å². The summed E-state index contributed by atoms with van der Waals surface area (Å²) in [5, 5.41) is 3.27. The Labute approximate surface area is 111 Å². The molecule has 0 aliphatic carbocycles. The maximum atomic E-state index is 5.35. The van der Waals surface area contributed by atoms with E-state index in [1.807, 2.05) is 18.4 Å². The van der Waals surface area contributed by atoms with Crippen molar-refractivity contribution in [1.29, 1.82) is 0 Å². The molecule has 0 radical (unpaired) electrons. The lowest BCUT2D eigenvalue weighted by atomic mass is 10.1. The zero-order valence-electron chi connectivity index (χ0n) is 9.86. The van der Waals surface area contributed by atoms with Crippen LogP contribution in [0.5, 0.6) is 11.5 Å². The third-order valence-electron chi connectivity index (χ3n) is 2.53. The van der Waals surface area contributed by atoms with E-state index in [4.69, 9.17) is 21.7 Å². The Morgan fingerprint density at radius 2 is 2.24 bits per heavy atom. The van der Waals surface area contributed by atoms with Gasteiger partial charge in [0.25, 0.3) is 0 Å². The Bertz CT molecular complexity index is 423. The molecule has 3 nitrogen and oxygen atoms in total. The molecule has 0 fully saturated rings. The fourth-order valence-electron chi connectivity index (χ4n) is 1.73. The number of nitrogens with one attached hydrogen (secondary N) is 1. The highest BCUT2D eigenvalue weighted by Crippen LogP contribution is 2.32. The minimum absolute atomic E-state index is 0.315. The van der Waals surface area contributed by atoms with E-state index in [1.54, 1.807) is 11.8 Å². The smallest absolute Gasteiger partial charge is 0.231 e. The lowest BCUT2D eigenvalue weighted by Crippen LogP contribution is -2.30. The second-order valence-electron chi connectivity index (χ2n) is 3.93. The Morgan fingerprint density at radius 1 is 1.47 bits per heavy atom. The molecule has 0 unspecified atom stereocenters. The van der Waals surface area contributed by atoms with Gasteiger partial charge >= 0.3 is 0 Å². The van der Waals surface area contributed by atoms with Crippen LogP contribution in [0.25, 0.3) is 0 Å². The first-order valence-electron chi connectivity index (χ1n) is 5.42. The minimum atomic E-state index is 0.315. The number of thiocarbonyl (C=S) groups is 1. The number of fused-ring (bicyclic) bond motifs is 1. The van der Waals surface area contributed by atoms with Gasteiger partial charge in [0, 0.05) is 6.04 Å². The molecule has 0 saturated carbocycles. The molecule has 5 heteroatoms. The van der Waals surface area contributed by atoms with Crippen molar-refractivity contribution < 1.29 is 9.47 Å². The van der Waals surface area contributed by atoms with Crippen LogP contribution >= 0.6 is 24.0 Å². The summed E-state index contributed by atoms with van der Waals surface area (Å²) < 4.78 is 11.5. The predicted molar refractivity (Wildman–Crippen MR) is 75.0 cm³/mol. The molecule has 1 aromatic carbocycles. The van der Waals surface area contributed by atoms with Crippen molar-refractivity contribution in [1.82, 2.24) is 5.32 Å². The fourth-order valence-corrected chi connectivity index (χ4v) is 2.25. The Kier molecular flexibility index (Phi) is 4.12. The van der Waals surface area contributed by atoms with Crippen molar-refractivity contribution in [3.8, 4) is 11.5 Å². The van der Waals surface area contributed by atoms with Crippen LogP contribution in [-0.2, 0) is 6.42 Å². The van der Waals surface area contributed by atoms with Crippen molar-refractivity contribution in [2.75, 3.05) is 13.0 Å². The summed E-state index contributed by atoms with van der Waals surface area (Å²) in [6, 6.07) is 6.36. The molecule has 92 valence electrons. The van der Waals surface area contributed by atoms with E-state index in [-0.39, 0.29) is 0 Å². The fraction of sp³-hybridized carbons (Fsp3) is 0.417. The maximum absolute atomic E-state index is 5.35. The Morgan fingerprint density at radius 3 is 3.00 bits per heavy atom. The molecule has 1 aromatic rings. The summed E-state index contributed by atoms with van der Waals surface area (Å²) in [5.41, 5.74) is 1.22. The molecule has 1 atom stereocenters. The maximum Gasteiger partial charge on any atom is 0.231 e. The van der Waals surface area contributed by atoms with E-state index in [0.717, 1.165) is 22.2 Å². The zero-order valence-corrected chi connectivity index (χ0v) is 11.5. The van der Waals surface area contributed by atoms with Crippen LogP contribution in [0, 0.1) is 0 Å². The van der Waals surface area contributed by atoms with E-state index in [1.165, 1.54) is 5.56 Å². The lowest BCUT2D eigenvalue weighted by Gasteiger charge is -2.14. The SMILES string of the molecule is CSC(=S)N[C@H](C)Cc1ccc2c(c1)OCO2. The van der Waals surface area contributed by atoms with E-state index < -0.39 is 0 Å². The van der Waals surface area contributed by atoms with Gasteiger partial charge in [-0.05, 0) is 37.3 Å². The summed E-state index contributed by atoms with van der Waals surface area (Å²) in [6.07, 6.45) is 2.89. The van der Waals surface area contributed by atoms with Crippen LogP contribution in [0.15, 0.2) is 18.2 Å². The average Bonchev–Trinajstić information content (AvgIpc) is 2.75. The van der Waals surface area contributed by atoms with E-state index in [9.17, 15) is 0 Å². The van der Waals surface area contributed by atoms with Crippen LogP contribution in [0.3, 0.4) is 0 Å². The second-order valence-corrected chi connectivity index (χ2v) is 5.41. The van der Waals surface area contributed by atoms with Crippen LogP contribution in [0.4, 0.5) is 0 Å².